The Bertz CT molecular complexity index is 749. The number of amides is 1. The number of rotatable bonds is 5. The lowest BCUT2D eigenvalue weighted by Crippen LogP contribution is -2.42. The minimum atomic E-state index is -0.107. The summed E-state index contributed by atoms with van der Waals surface area (Å²) >= 11 is 12.1. The van der Waals surface area contributed by atoms with Crippen LogP contribution >= 0.6 is 35.6 Å². The number of carbonyl (C=O) groups is 1. The van der Waals surface area contributed by atoms with E-state index in [9.17, 15) is 4.79 Å². The average molecular weight is 416 g/mol. The molecule has 1 aliphatic rings. The first-order valence-electron chi connectivity index (χ1n) is 8.31. The van der Waals surface area contributed by atoms with E-state index in [-0.39, 0.29) is 31.0 Å². The van der Waals surface area contributed by atoms with Crippen molar-refractivity contribution in [3.8, 4) is 5.75 Å². The Balaban J connectivity index is 0.00000243. The van der Waals surface area contributed by atoms with Gasteiger partial charge in [0.05, 0.1) is 5.56 Å². The highest BCUT2D eigenvalue weighted by Crippen LogP contribution is 2.24. The molecule has 1 fully saturated rings. The Kier molecular flexibility index (Phi) is 8.04. The van der Waals surface area contributed by atoms with Gasteiger partial charge in [0, 0.05) is 21.7 Å². The summed E-state index contributed by atoms with van der Waals surface area (Å²) in [6.07, 6.45) is 1.88. The molecule has 1 amide bonds. The minimum Gasteiger partial charge on any atom is -0.488 e. The largest absolute Gasteiger partial charge is 0.488 e. The number of halogens is 3. The Morgan fingerprint density at radius 2 is 1.88 bits per heavy atom. The van der Waals surface area contributed by atoms with Crippen molar-refractivity contribution < 1.29 is 9.53 Å². The van der Waals surface area contributed by atoms with E-state index in [0.29, 0.717) is 21.4 Å². The molecule has 0 aromatic heterocycles. The molecule has 0 unspecified atom stereocenters. The molecule has 2 N–H and O–H groups in total. The molecular formula is C19H21Cl3N2O2. The lowest BCUT2D eigenvalue weighted by atomic mass is 10.1. The number of hydrogen-bond acceptors (Lipinski definition) is 3. The summed E-state index contributed by atoms with van der Waals surface area (Å²) in [4.78, 5) is 12.6. The van der Waals surface area contributed by atoms with E-state index < -0.39 is 0 Å². The van der Waals surface area contributed by atoms with Crippen molar-refractivity contribution in [2.75, 3.05) is 13.1 Å². The van der Waals surface area contributed by atoms with E-state index in [2.05, 4.69) is 10.6 Å². The molecule has 7 heteroatoms. The van der Waals surface area contributed by atoms with Crippen molar-refractivity contribution in [2.45, 2.75) is 25.5 Å². The van der Waals surface area contributed by atoms with Crippen molar-refractivity contribution in [1.29, 1.82) is 0 Å². The van der Waals surface area contributed by atoms with Gasteiger partial charge in [0.15, 0.2) is 0 Å². The molecule has 140 valence electrons. The molecule has 26 heavy (non-hydrogen) atoms. The fourth-order valence-corrected chi connectivity index (χ4v) is 3.27. The van der Waals surface area contributed by atoms with Crippen LogP contribution in [0.5, 0.6) is 5.75 Å². The third-order valence-corrected chi connectivity index (χ3v) is 4.79. The van der Waals surface area contributed by atoms with Gasteiger partial charge in [-0.15, -0.1) is 12.4 Å². The van der Waals surface area contributed by atoms with E-state index in [0.717, 1.165) is 31.5 Å². The predicted octanol–water partition coefficient (Wildman–Crippen LogP) is 4.48. The van der Waals surface area contributed by atoms with Gasteiger partial charge in [-0.1, -0.05) is 41.4 Å². The highest BCUT2D eigenvalue weighted by atomic mass is 35.5. The molecule has 3 rings (SSSR count). The van der Waals surface area contributed by atoms with Crippen LogP contribution in [-0.4, -0.2) is 25.0 Å². The van der Waals surface area contributed by atoms with Gasteiger partial charge in [-0.05, 0) is 50.2 Å². The van der Waals surface area contributed by atoms with Crippen LogP contribution in [0.25, 0.3) is 0 Å². The van der Waals surface area contributed by atoms with Crippen LogP contribution in [0.1, 0.15) is 28.8 Å². The van der Waals surface area contributed by atoms with Gasteiger partial charge in [0.1, 0.15) is 12.4 Å². The smallest absolute Gasteiger partial charge is 0.255 e. The maximum atomic E-state index is 12.6. The number of benzene rings is 2. The second-order valence-electron chi connectivity index (χ2n) is 6.02. The quantitative estimate of drug-likeness (QED) is 0.757. The Labute approximate surface area is 169 Å². The molecule has 2 aromatic carbocycles. The van der Waals surface area contributed by atoms with Gasteiger partial charge in [-0.3, -0.25) is 4.79 Å². The van der Waals surface area contributed by atoms with Crippen LogP contribution in [-0.2, 0) is 6.61 Å². The van der Waals surface area contributed by atoms with Gasteiger partial charge in [0.25, 0.3) is 5.91 Å². The summed E-state index contributed by atoms with van der Waals surface area (Å²) in [5.41, 5.74) is 1.35. The van der Waals surface area contributed by atoms with Crippen molar-refractivity contribution in [3.05, 3.63) is 63.6 Å². The molecule has 0 saturated carbocycles. The zero-order chi connectivity index (χ0) is 17.6. The first kappa shape index (κ1) is 20.8. The van der Waals surface area contributed by atoms with E-state index in [1.807, 2.05) is 18.2 Å². The zero-order valence-corrected chi connectivity index (χ0v) is 16.5. The van der Waals surface area contributed by atoms with Crippen LogP contribution in [0.4, 0.5) is 0 Å². The van der Waals surface area contributed by atoms with Gasteiger partial charge in [-0.25, -0.2) is 0 Å². The first-order valence-corrected chi connectivity index (χ1v) is 9.06. The molecule has 0 radical (unpaired) electrons. The molecule has 0 atom stereocenters. The van der Waals surface area contributed by atoms with E-state index in [1.165, 1.54) is 0 Å². The SMILES string of the molecule is Cl.O=C(NC1CCNCC1)c1ccccc1OCc1ccc(Cl)cc1Cl. The molecule has 1 heterocycles. The molecule has 4 nitrogen and oxygen atoms in total. The van der Waals surface area contributed by atoms with Gasteiger partial charge >= 0.3 is 0 Å². The standard InChI is InChI=1S/C19H20Cl2N2O2.ClH/c20-14-6-5-13(17(21)11-14)12-25-18-4-2-1-3-16(18)19(24)23-15-7-9-22-10-8-15;/h1-6,11,15,22H,7-10,12H2,(H,23,24);1H. The summed E-state index contributed by atoms with van der Waals surface area (Å²) < 4.78 is 5.85. The topological polar surface area (TPSA) is 50.4 Å². The summed E-state index contributed by atoms with van der Waals surface area (Å²) in [5, 5.41) is 7.50. The summed E-state index contributed by atoms with van der Waals surface area (Å²) in [6.45, 7) is 2.13. The lowest BCUT2D eigenvalue weighted by Gasteiger charge is -2.24. The van der Waals surface area contributed by atoms with Crippen LogP contribution in [0, 0.1) is 0 Å². The van der Waals surface area contributed by atoms with Crippen molar-refractivity contribution in [1.82, 2.24) is 10.6 Å². The number of para-hydroxylation sites is 1. The van der Waals surface area contributed by atoms with Crippen molar-refractivity contribution in [3.63, 3.8) is 0 Å². The van der Waals surface area contributed by atoms with Gasteiger partial charge in [-0.2, -0.15) is 0 Å². The van der Waals surface area contributed by atoms with Crippen LogP contribution in [0.3, 0.4) is 0 Å². The Morgan fingerprint density at radius 3 is 2.62 bits per heavy atom. The maximum absolute atomic E-state index is 12.6. The zero-order valence-electron chi connectivity index (χ0n) is 14.1. The molecule has 0 bridgehead atoms. The number of carbonyl (C=O) groups excluding carboxylic acids is 1. The number of nitrogens with one attached hydrogen (secondary N) is 2. The Hall–Kier alpha value is -1.46. The fraction of sp³-hybridized carbons (Fsp3) is 0.316. The summed E-state index contributed by atoms with van der Waals surface area (Å²) in [6, 6.07) is 12.7. The third-order valence-electron chi connectivity index (χ3n) is 4.20. The molecule has 2 aromatic rings. The van der Waals surface area contributed by atoms with Crippen LogP contribution < -0.4 is 15.4 Å². The van der Waals surface area contributed by atoms with E-state index >= 15 is 0 Å². The second kappa shape index (κ2) is 10.0. The monoisotopic (exact) mass is 414 g/mol. The molecule has 0 aliphatic carbocycles. The third kappa shape index (κ3) is 5.52. The van der Waals surface area contributed by atoms with Gasteiger partial charge < -0.3 is 15.4 Å². The van der Waals surface area contributed by atoms with Crippen molar-refractivity contribution >= 4 is 41.5 Å². The molecule has 1 saturated heterocycles. The predicted molar refractivity (Wildman–Crippen MR) is 108 cm³/mol. The normalized spacial score (nSPS) is 14.4. The summed E-state index contributed by atoms with van der Waals surface area (Å²) in [7, 11) is 0. The van der Waals surface area contributed by atoms with E-state index in [1.54, 1.807) is 24.3 Å². The fourth-order valence-electron chi connectivity index (χ4n) is 2.80. The first-order chi connectivity index (χ1) is 12.1. The van der Waals surface area contributed by atoms with E-state index in [4.69, 9.17) is 27.9 Å². The lowest BCUT2D eigenvalue weighted by molar-refractivity contribution is 0.0925. The van der Waals surface area contributed by atoms with Crippen LogP contribution in [0.15, 0.2) is 42.5 Å². The molecule has 1 aliphatic heterocycles. The molecule has 0 spiro atoms. The summed E-state index contributed by atoms with van der Waals surface area (Å²) in [5.74, 6) is 0.435. The molecular weight excluding hydrogens is 395 g/mol. The van der Waals surface area contributed by atoms with Gasteiger partial charge in [0.2, 0.25) is 0 Å². The number of piperidine rings is 1. The Morgan fingerprint density at radius 1 is 1.15 bits per heavy atom. The average Bonchev–Trinajstić information content (AvgIpc) is 2.62. The second-order valence-corrected chi connectivity index (χ2v) is 6.86. The number of ether oxygens (including phenoxy) is 1. The highest BCUT2D eigenvalue weighted by Gasteiger charge is 2.19. The highest BCUT2D eigenvalue weighted by molar-refractivity contribution is 6.35. The minimum absolute atomic E-state index is 0. The maximum Gasteiger partial charge on any atom is 0.255 e. The van der Waals surface area contributed by atoms with Crippen molar-refractivity contribution in [2.24, 2.45) is 0 Å². The van der Waals surface area contributed by atoms with Crippen LogP contribution in [0.2, 0.25) is 10.0 Å². The number of hydrogen-bond donors (Lipinski definition) is 2.